The van der Waals surface area contributed by atoms with Crippen LogP contribution in [-0.2, 0) is 11.3 Å². The lowest BCUT2D eigenvalue weighted by molar-refractivity contribution is -0.117. The predicted molar refractivity (Wildman–Crippen MR) is 93.7 cm³/mol. The van der Waals surface area contributed by atoms with Crippen LogP contribution in [-0.4, -0.2) is 24.4 Å². The maximum Gasteiger partial charge on any atom is 0.253 e. The number of nitrogens with one attached hydrogen (secondary N) is 3. The van der Waals surface area contributed by atoms with Crippen LogP contribution in [0.25, 0.3) is 0 Å². The van der Waals surface area contributed by atoms with Gasteiger partial charge in [0.1, 0.15) is 0 Å². The predicted octanol–water partition coefficient (Wildman–Crippen LogP) is 2.31. The van der Waals surface area contributed by atoms with Gasteiger partial charge in [0.15, 0.2) is 0 Å². The topological polar surface area (TPSA) is 70.2 Å². The molecule has 0 aliphatic carbocycles. The number of benzene rings is 2. The number of hydrogen-bond acceptors (Lipinski definition) is 3. The summed E-state index contributed by atoms with van der Waals surface area (Å²) in [7, 11) is 0. The third-order valence-corrected chi connectivity index (χ3v) is 4.10. The highest BCUT2D eigenvalue weighted by Gasteiger charge is 2.23. The summed E-state index contributed by atoms with van der Waals surface area (Å²) in [5.74, 6) is -0.287. The van der Waals surface area contributed by atoms with Gasteiger partial charge in [-0.15, -0.1) is 0 Å². The van der Waals surface area contributed by atoms with Crippen molar-refractivity contribution in [1.29, 1.82) is 0 Å². The van der Waals surface area contributed by atoms with E-state index in [-0.39, 0.29) is 17.9 Å². The lowest BCUT2D eigenvalue weighted by Crippen LogP contribution is -2.36. The van der Waals surface area contributed by atoms with Crippen molar-refractivity contribution in [2.24, 2.45) is 0 Å². The van der Waals surface area contributed by atoms with Gasteiger partial charge in [-0.2, -0.15) is 0 Å². The van der Waals surface area contributed by atoms with Crippen molar-refractivity contribution in [1.82, 2.24) is 10.6 Å². The Balaban J connectivity index is 1.66. The Labute approximate surface area is 141 Å². The lowest BCUT2D eigenvalue weighted by atomic mass is 10.1. The molecule has 1 saturated heterocycles. The second-order valence-corrected chi connectivity index (χ2v) is 5.85. The highest BCUT2D eigenvalue weighted by molar-refractivity contribution is 6.04. The van der Waals surface area contributed by atoms with Gasteiger partial charge in [-0.3, -0.25) is 9.59 Å². The molecular formula is C19H21N3O2. The molecule has 0 aromatic heterocycles. The highest BCUT2D eigenvalue weighted by Crippen LogP contribution is 2.17. The molecular weight excluding hydrogens is 302 g/mol. The van der Waals surface area contributed by atoms with Crippen molar-refractivity contribution >= 4 is 17.5 Å². The molecule has 124 valence electrons. The molecule has 1 unspecified atom stereocenters. The fourth-order valence-corrected chi connectivity index (χ4v) is 2.79. The number of para-hydroxylation sites is 1. The van der Waals surface area contributed by atoms with Crippen molar-refractivity contribution in [2.75, 3.05) is 11.9 Å². The van der Waals surface area contributed by atoms with E-state index in [9.17, 15) is 9.59 Å². The van der Waals surface area contributed by atoms with E-state index in [2.05, 4.69) is 16.0 Å². The first kappa shape index (κ1) is 16.2. The van der Waals surface area contributed by atoms with Crippen molar-refractivity contribution in [3.05, 3.63) is 65.7 Å². The zero-order valence-corrected chi connectivity index (χ0v) is 13.4. The van der Waals surface area contributed by atoms with E-state index in [1.165, 1.54) is 0 Å². The number of carbonyl (C=O) groups excluding carboxylic acids is 2. The number of hydrogen-bond donors (Lipinski definition) is 3. The minimum absolute atomic E-state index is 0.0872. The van der Waals surface area contributed by atoms with Crippen LogP contribution in [0.2, 0.25) is 0 Å². The molecule has 2 aromatic rings. The molecule has 2 aromatic carbocycles. The monoisotopic (exact) mass is 323 g/mol. The molecule has 3 N–H and O–H groups in total. The summed E-state index contributed by atoms with van der Waals surface area (Å²) in [6.45, 7) is 1.31. The summed E-state index contributed by atoms with van der Waals surface area (Å²) in [6, 6.07) is 16.6. The van der Waals surface area contributed by atoms with Crippen LogP contribution in [0.1, 0.15) is 28.8 Å². The molecule has 5 nitrogen and oxygen atoms in total. The summed E-state index contributed by atoms with van der Waals surface area (Å²) in [6.07, 6.45) is 1.82. The van der Waals surface area contributed by atoms with Gasteiger partial charge in [0, 0.05) is 6.54 Å². The molecule has 3 rings (SSSR count). The van der Waals surface area contributed by atoms with Gasteiger partial charge in [0.25, 0.3) is 5.91 Å². The molecule has 1 aliphatic rings. The summed E-state index contributed by atoms with van der Waals surface area (Å²) in [5.41, 5.74) is 2.05. The number of amides is 2. The van der Waals surface area contributed by atoms with Gasteiger partial charge >= 0.3 is 0 Å². The fourth-order valence-electron chi connectivity index (χ4n) is 2.79. The Morgan fingerprint density at radius 3 is 2.54 bits per heavy atom. The van der Waals surface area contributed by atoms with E-state index in [1.807, 2.05) is 36.4 Å². The zero-order chi connectivity index (χ0) is 16.8. The molecule has 1 atom stereocenters. The first-order valence-corrected chi connectivity index (χ1v) is 8.19. The first-order valence-electron chi connectivity index (χ1n) is 8.19. The molecule has 0 bridgehead atoms. The smallest absolute Gasteiger partial charge is 0.253 e. The highest BCUT2D eigenvalue weighted by atomic mass is 16.2. The standard InChI is InChI=1S/C19H21N3O2/c23-18(21-13-14-7-2-1-3-8-14)15-9-4-5-10-16(15)22-19(24)17-11-6-12-20-17/h1-5,7-10,17,20H,6,11-13H2,(H,21,23)(H,22,24). The largest absolute Gasteiger partial charge is 0.348 e. The summed E-state index contributed by atoms with van der Waals surface area (Å²) >= 11 is 0. The summed E-state index contributed by atoms with van der Waals surface area (Å²) in [5, 5.41) is 8.92. The van der Waals surface area contributed by atoms with Crippen molar-refractivity contribution < 1.29 is 9.59 Å². The molecule has 1 aliphatic heterocycles. The molecule has 0 radical (unpaired) electrons. The molecule has 1 fully saturated rings. The second kappa shape index (κ2) is 7.75. The van der Waals surface area contributed by atoms with Gasteiger partial charge in [0.05, 0.1) is 17.3 Å². The minimum Gasteiger partial charge on any atom is -0.348 e. The van der Waals surface area contributed by atoms with E-state index in [4.69, 9.17) is 0 Å². The Bertz CT molecular complexity index is 710. The molecule has 24 heavy (non-hydrogen) atoms. The summed E-state index contributed by atoms with van der Waals surface area (Å²) in [4.78, 5) is 24.7. The normalized spacial score (nSPS) is 16.6. The quantitative estimate of drug-likeness (QED) is 0.791. The van der Waals surface area contributed by atoms with E-state index >= 15 is 0 Å². The third-order valence-electron chi connectivity index (χ3n) is 4.10. The van der Waals surface area contributed by atoms with Crippen molar-refractivity contribution in [3.63, 3.8) is 0 Å². The van der Waals surface area contributed by atoms with Crippen LogP contribution < -0.4 is 16.0 Å². The van der Waals surface area contributed by atoms with Crippen LogP contribution in [0, 0.1) is 0 Å². The number of rotatable bonds is 5. The van der Waals surface area contributed by atoms with Crippen LogP contribution in [0.3, 0.4) is 0 Å². The Kier molecular flexibility index (Phi) is 5.23. The Hall–Kier alpha value is -2.66. The maximum atomic E-state index is 12.5. The third kappa shape index (κ3) is 4.00. The van der Waals surface area contributed by atoms with Gasteiger partial charge < -0.3 is 16.0 Å². The van der Waals surface area contributed by atoms with E-state index in [0.29, 0.717) is 17.8 Å². The number of carbonyl (C=O) groups is 2. The minimum atomic E-state index is -0.200. The maximum absolute atomic E-state index is 12.5. The Morgan fingerprint density at radius 2 is 1.79 bits per heavy atom. The van der Waals surface area contributed by atoms with Crippen LogP contribution >= 0.6 is 0 Å². The second-order valence-electron chi connectivity index (χ2n) is 5.85. The van der Waals surface area contributed by atoms with Gasteiger partial charge in [0.2, 0.25) is 5.91 Å². The van der Waals surface area contributed by atoms with Crippen LogP contribution in [0.4, 0.5) is 5.69 Å². The van der Waals surface area contributed by atoms with E-state index < -0.39 is 0 Å². The fraction of sp³-hybridized carbons (Fsp3) is 0.263. The van der Waals surface area contributed by atoms with E-state index in [0.717, 1.165) is 24.9 Å². The SMILES string of the molecule is O=C(NCc1ccccc1)c1ccccc1NC(=O)C1CCCN1. The molecule has 1 heterocycles. The average molecular weight is 323 g/mol. The van der Waals surface area contributed by atoms with Crippen LogP contribution in [0.15, 0.2) is 54.6 Å². The molecule has 0 spiro atoms. The van der Waals surface area contributed by atoms with Crippen LogP contribution in [0.5, 0.6) is 0 Å². The zero-order valence-electron chi connectivity index (χ0n) is 13.4. The van der Waals surface area contributed by atoms with Crippen molar-refractivity contribution in [2.45, 2.75) is 25.4 Å². The summed E-state index contributed by atoms with van der Waals surface area (Å²) < 4.78 is 0. The van der Waals surface area contributed by atoms with Gasteiger partial charge in [-0.25, -0.2) is 0 Å². The Morgan fingerprint density at radius 1 is 1.04 bits per heavy atom. The molecule has 5 heteroatoms. The molecule has 0 saturated carbocycles. The molecule has 2 amide bonds. The van der Waals surface area contributed by atoms with Gasteiger partial charge in [-0.05, 0) is 37.1 Å². The van der Waals surface area contributed by atoms with Gasteiger partial charge in [-0.1, -0.05) is 42.5 Å². The lowest BCUT2D eigenvalue weighted by Gasteiger charge is -2.14. The average Bonchev–Trinajstić information content (AvgIpc) is 3.16. The van der Waals surface area contributed by atoms with Crippen molar-refractivity contribution in [3.8, 4) is 0 Å². The number of anilines is 1. The van der Waals surface area contributed by atoms with E-state index in [1.54, 1.807) is 18.2 Å². The first-order chi connectivity index (χ1) is 11.7.